The zero-order valence-electron chi connectivity index (χ0n) is 22.0. The number of nitriles is 1. The molecule has 0 unspecified atom stereocenters. The van der Waals surface area contributed by atoms with Crippen LogP contribution in [0.3, 0.4) is 0 Å². The SMILES string of the molecule is CC(C)[C@@H](NC=O)c1ccc(C(F)(F)F)cc1F.N#CC1CN(S(=O)(=O)c2cccc(C(=O)N3CCCC3)c2)C1.[HH]. The van der Waals surface area contributed by atoms with Crippen molar-refractivity contribution in [3.63, 3.8) is 0 Å². The summed E-state index contributed by atoms with van der Waals surface area (Å²) < 4.78 is 77.0. The van der Waals surface area contributed by atoms with Gasteiger partial charge >= 0.3 is 6.18 Å². The van der Waals surface area contributed by atoms with E-state index in [9.17, 15) is 35.6 Å². The van der Waals surface area contributed by atoms with Crippen LogP contribution in [0.25, 0.3) is 0 Å². The maximum Gasteiger partial charge on any atom is 0.416 e. The molecule has 2 aromatic carbocycles. The number of carbonyl (C=O) groups is 2. The van der Waals surface area contributed by atoms with Gasteiger partial charge in [0.15, 0.2) is 0 Å². The predicted molar refractivity (Wildman–Crippen MR) is 140 cm³/mol. The van der Waals surface area contributed by atoms with Gasteiger partial charge in [0.25, 0.3) is 5.91 Å². The van der Waals surface area contributed by atoms with Crippen molar-refractivity contribution in [2.24, 2.45) is 11.8 Å². The number of alkyl halides is 3. The van der Waals surface area contributed by atoms with Crippen LogP contribution in [-0.4, -0.2) is 56.1 Å². The van der Waals surface area contributed by atoms with Gasteiger partial charge in [0.2, 0.25) is 16.4 Å². The minimum absolute atomic E-state index is 0. The summed E-state index contributed by atoms with van der Waals surface area (Å²) >= 11 is 0. The molecule has 40 heavy (non-hydrogen) atoms. The topological polar surface area (TPSA) is 111 Å². The molecule has 0 radical (unpaired) electrons. The Kier molecular flexibility index (Phi) is 9.92. The molecule has 2 aliphatic rings. The molecule has 4 rings (SSSR count). The van der Waals surface area contributed by atoms with Crippen molar-refractivity contribution in [3.05, 3.63) is 65.0 Å². The first-order valence-corrected chi connectivity index (χ1v) is 14.1. The van der Waals surface area contributed by atoms with E-state index in [-0.39, 0.29) is 42.7 Å². The summed E-state index contributed by atoms with van der Waals surface area (Å²) in [7, 11) is -3.61. The fraction of sp³-hybridized carbons (Fsp3) is 0.444. The van der Waals surface area contributed by atoms with Gasteiger partial charge in [0, 0.05) is 38.7 Å². The van der Waals surface area contributed by atoms with Crippen LogP contribution in [0.15, 0.2) is 47.4 Å². The summed E-state index contributed by atoms with van der Waals surface area (Å²) in [4.78, 5) is 24.6. The summed E-state index contributed by atoms with van der Waals surface area (Å²) in [5, 5.41) is 11.2. The first kappa shape index (κ1) is 31.0. The Hall–Kier alpha value is -3.50. The van der Waals surface area contributed by atoms with Crippen LogP contribution in [-0.2, 0) is 21.0 Å². The molecule has 0 saturated carbocycles. The molecule has 0 aromatic heterocycles. The largest absolute Gasteiger partial charge is 0.416 e. The van der Waals surface area contributed by atoms with Gasteiger partial charge < -0.3 is 10.2 Å². The molecule has 2 aromatic rings. The molecule has 2 amide bonds. The summed E-state index contributed by atoms with van der Waals surface area (Å²) in [6.07, 6.45) is -2.19. The predicted octanol–water partition coefficient (Wildman–Crippen LogP) is 4.60. The van der Waals surface area contributed by atoms with Crippen molar-refractivity contribution in [1.29, 1.82) is 5.26 Å². The van der Waals surface area contributed by atoms with Crippen LogP contribution < -0.4 is 5.32 Å². The molecule has 0 bridgehead atoms. The highest BCUT2D eigenvalue weighted by Gasteiger charge is 2.37. The van der Waals surface area contributed by atoms with Gasteiger partial charge in [-0.2, -0.15) is 22.7 Å². The van der Waals surface area contributed by atoms with Gasteiger partial charge in [-0.05, 0) is 49.1 Å². The van der Waals surface area contributed by atoms with Gasteiger partial charge in [-0.25, -0.2) is 12.8 Å². The first-order chi connectivity index (χ1) is 18.8. The van der Waals surface area contributed by atoms with Gasteiger partial charge in [-0.1, -0.05) is 26.0 Å². The van der Waals surface area contributed by atoms with E-state index in [2.05, 4.69) is 11.4 Å². The summed E-state index contributed by atoms with van der Waals surface area (Å²) in [5.41, 5.74) is -0.595. The van der Waals surface area contributed by atoms with Crippen molar-refractivity contribution < 1.29 is 37.0 Å². The monoisotopic (exact) mass is 584 g/mol. The fourth-order valence-corrected chi connectivity index (χ4v) is 6.00. The van der Waals surface area contributed by atoms with E-state index in [4.69, 9.17) is 5.26 Å². The number of sulfonamides is 1. The number of hydrogen-bond donors (Lipinski definition) is 1. The quantitative estimate of drug-likeness (QED) is 0.378. The Balaban J connectivity index is 0.000000286. The second kappa shape index (κ2) is 12.8. The van der Waals surface area contributed by atoms with Crippen LogP contribution in [0.2, 0.25) is 0 Å². The van der Waals surface area contributed by atoms with Crippen molar-refractivity contribution in [3.8, 4) is 6.07 Å². The fourth-order valence-electron chi connectivity index (χ4n) is 4.43. The number of rotatable bonds is 7. The number of nitrogens with one attached hydrogen (secondary N) is 1. The lowest BCUT2D eigenvalue weighted by Gasteiger charge is -2.34. The molecule has 13 heteroatoms. The Morgan fingerprint density at radius 2 is 1.80 bits per heavy atom. The smallest absolute Gasteiger partial charge is 0.352 e. The highest BCUT2D eigenvalue weighted by Crippen LogP contribution is 2.32. The minimum atomic E-state index is -4.58. The molecular weight excluding hydrogens is 552 g/mol. The Bertz CT molecular complexity index is 1370. The summed E-state index contributed by atoms with van der Waals surface area (Å²) in [5.74, 6) is -1.46. The van der Waals surface area contributed by atoms with E-state index < -0.39 is 33.6 Å². The zero-order chi connectivity index (χ0) is 29.7. The molecular formula is C27H32F4N4O4S. The summed E-state index contributed by atoms with van der Waals surface area (Å²) in [6.45, 7) is 5.38. The number of amides is 2. The molecule has 2 saturated heterocycles. The molecule has 2 fully saturated rings. The van der Waals surface area contributed by atoms with E-state index in [0.29, 0.717) is 18.0 Å². The molecule has 0 aliphatic carbocycles. The molecule has 1 atom stereocenters. The van der Waals surface area contributed by atoms with Crippen LogP contribution in [0, 0.1) is 29.0 Å². The summed E-state index contributed by atoms with van der Waals surface area (Å²) in [6, 6.07) is 9.89. The zero-order valence-corrected chi connectivity index (χ0v) is 22.8. The van der Waals surface area contributed by atoms with E-state index >= 15 is 0 Å². The lowest BCUT2D eigenvalue weighted by Crippen LogP contribution is -2.49. The maximum atomic E-state index is 13.7. The Morgan fingerprint density at radius 1 is 1.15 bits per heavy atom. The highest BCUT2D eigenvalue weighted by molar-refractivity contribution is 7.89. The van der Waals surface area contributed by atoms with E-state index in [1.165, 1.54) is 16.4 Å². The normalized spacial score (nSPS) is 16.9. The second-order valence-corrected chi connectivity index (χ2v) is 11.9. The highest BCUT2D eigenvalue weighted by atomic mass is 32.2. The Labute approximate surface area is 232 Å². The minimum Gasteiger partial charge on any atom is -0.352 e. The number of halogens is 4. The average molecular weight is 585 g/mol. The number of hydrogen-bond acceptors (Lipinski definition) is 5. The maximum absolute atomic E-state index is 13.7. The van der Waals surface area contributed by atoms with E-state index in [0.717, 1.165) is 38.1 Å². The molecule has 0 spiro atoms. The third-order valence-corrected chi connectivity index (χ3v) is 8.55. The number of benzene rings is 2. The van der Waals surface area contributed by atoms with Crippen LogP contribution in [0.4, 0.5) is 17.6 Å². The third kappa shape index (κ3) is 7.17. The van der Waals surface area contributed by atoms with Crippen molar-refractivity contribution >= 4 is 22.3 Å². The van der Waals surface area contributed by atoms with E-state index in [1.807, 2.05) is 0 Å². The number of nitrogens with zero attached hydrogens (tertiary/aromatic N) is 3. The van der Waals surface area contributed by atoms with Crippen molar-refractivity contribution in [2.75, 3.05) is 26.2 Å². The van der Waals surface area contributed by atoms with Gasteiger partial charge in [0.1, 0.15) is 5.82 Å². The lowest BCUT2D eigenvalue weighted by molar-refractivity contribution is -0.137. The molecule has 2 aliphatic heterocycles. The average Bonchev–Trinajstić information content (AvgIpc) is 3.41. The third-order valence-electron chi connectivity index (χ3n) is 6.72. The van der Waals surface area contributed by atoms with Crippen LogP contribution >= 0.6 is 0 Å². The molecule has 218 valence electrons. The molecule has 8 nitrogen and oxygen atoms in total. The number of carbonyl (C=O) groups excluding carboxylic acids is 2. The first-order valence-electron chi connectivity index (χ1n) is 12.6. The van der Waals surface area contributed by atoms with Crippen LogP contribution in [0.1, 0.15) is 55.6 Å². The lowest BCUT2D eigenvalue weighted by atomic mass is 9.95. The molecule has 2 heterocycles. The van der Waals surface area contributed by atoms with Gasteiger partial charge in [-0.3, -0.25) is 9.59 Å². The van der Waals surface area contributed by atoms with Crippen molar-refractivity contribution in [2.45, 2.75) is 43.8 Å². The van der Waals surface area contributed by atoms with Crippen molar-refractivity contribution in [1.82, 2.24) is 14.5 Å². The standard InChI is InChI=1S/C15H17N3O3S.C12H13F4NO.H2/c16-9-12-10-18(11-12)22(20,21)14-5-3-4-13(8-14)15(19)17-6-1-2-7-17;1-7(2)11(17-6-18)9-4-3-8(5-10(9)13)12(14,15)16;/h3-5,8,12H,1-2,6-7,10-11H2;3-7,11H,1-2H3,(H,17,18);1H/t;11-;/m.1./s1. The Morgan fingerprint density at radius 3 is 2.33 bits per heavy atom. The second-order valence-electron chi connectivity index (χ2n) is 9.92. The van der Waals surface area contributed by atoms with Gasteiger partial charge in [0.05, 0.1) is 28.5 Å². The number of likely N-dealkylation sites (tertiary alicyclic amines) is 1. The van der Waals surface area contributed by atoms with Gasteiger partial charge in [-0.15, -0.1) is 0 Å². The van der Waals surface area contributed by atoms with Crippen LogP contribution in [0.5, 0.6) is 0 Å². The molecule has 1 N–H and O–H groups in total. The van der Waals surface area contributed by atoms with E-state index in [1.54, 1.807) is 30.9 Å².